The van der Waals surface area contributed by atoms with Crippen LogP contribution < -0.4 is 0 Å². The molecule has 0 fully saturated rings. The lowest BCUT2D eigenvalue weighted by Crippen LogP contribution is -2.15. The van der Waals surface area contributed by atoms with E-state index < -0.39 is 0 Å². The second-order valence-corrected chi connectivity index (χ2v) is 13.2. The largest absolute Gasteiger partial charge is 0.456 e. The third-order valence-electron chi connectivity index (χ3n) is 9.55. The number of hydrogen-bond acceptors (Lipinski definition) is 2. The average Bonchev–Trinajstić information content (AvgIpc) is 3.74. The summed E-state index contributed by atoms with van der Waals surface area (Å²) in [5, 5.41) is 7.55. The van der Waals surface area contributed by atoms with Crippen LogP contribution in [0, 0.1) is 0 Å². The maximum absolute atomic E-state index is 6.82. The van der Waals surface area contributed by atoms with E-state index >= 15 is 0 Å². The normalized spacial score (nSPS) is 14.1. The molecule has 198 valence electrons. The van der Waals surface area contributed by atoms with Gasteiger partial charge in [-0.05, 0) is 47.5 Å². The van der Waals surface area contributed by atoms with Crippen LogP contribution in [0.1, 0.15) is 25.0 Å². The fourth-order valence-corrected chi connectivity index (χ4v) is 8.88. The van der Waals surface area contributed by atoms with Crippen molar-refractivity contribution >= 4 is 75.3 Å². The van der Waals surface area contributed by atoms with Gasteiger partial charge in [-0.15, -0.1) is 11.3 Å². The highest BCUT2D eigenvalue weighted by Crippen LogP contribution is 2.57. The van der Waals surface area contributed by atoms with Crippen molar-refractivity contribution in [3.05, 3.63) is 126 Å². The van der Waals surface area contributed by atoms with Gasteiger partial charge < -0.3 is 8.98 Å². The number of benzene rings is 6. The Morgan fingerprint density at radius 1 is 0.643 bits per heavy atom. The van der Waals surface area contributed by atoms with Crippen LogP contribution in [0.15, 0.2) is 120 Å². The Morgan fingerprint density at radius 2 is 1.36 bits per heavy atom. The van der Waals surface area contributed by atoms with Crippen molar-refractivity contribution < 1.29 is 4.42 Å². The summed E-state index contributed by atoms with van der Waals surface area (Å²) < 4.78 is 12.0. The Bertz CT molecular complexity index is 2610. The summed E-state index contributed by atoms with van der Waals surface area (Å²) in [6.07, 6.45) is 0. The average molecular weight is 556 g/mol. The molecule has 3 aromatic heterocycles. The van der Waals surface area contributed by atoms with Gasteiger partial charge in [-0.1, -0.05) is 92.7 Å². The smallest absolute Gasteiger partial charge is 0.140 e. The van der Waals surface area contributed by atoms with E-state index in [1.54, 1.807) is 0 Å². The van der Waals surface area contributed by atoms with Crippen molar-refractivity contribution in [2.75, 3.05) is 0 Å². The van der Waals surface area contributed by atoms with Crippen molar-refractivity contribution in [2.24, 2.45) is 0 Å². The maximum Gasteiger partial charge on any atom is 0.140 e. The lowest BCUT2D eigenvalue weighted by atomic mass is 9.81. The molecule has 3 heterocycles. The van der Waals surface area contributed by atoms with E-state index in [9.17, 15) is 0 Å². The van der Waals surface area contributed by atoms with Crippen molar-refractivity contribution in [1.29, 1.82) is 0 Å². The van der Waals surface area contributed by atoms with Crippen molar-refractivity contribution in [2.45, 2.75) is 19.3 Å². The molecule has 0 saturated carbocycles. The monoisotopic (exact) mass is 555 g/mol. The summed E-state index contributed by atoms with van der Waals surface area (Å²) in [6.45, 7) is 4.71. The zero-order valence-corrected chi connectivity index (χ0v) is 24.0. The number of thiophene rings is 1. The van der Waals surface area contributed by atoms with Crippen molar-refractivity contribution in [1.82, 2.24) is 4.57 Å². The molecule has 6 aromatic carbocycles. The third-order valence-corrected chi connectivity index (χ3v) is 10.7. The van der Waals surface area contributed by atoms with Gasteiger partial charge in [0, 0.05) is 63.9 Å². The van der Waals surface area contributed by atoms with Crippen LogP contribution in [0.25, 0.3) is 80.7 Å². The molecule has 0 bridgehead atoms. The predicted molar refractivity (Wildman–Crippen MR) is 179 cm³/mol. The van der Waals surface area contributed by atoms with E-state index in [1.807, 2.05) is 11.3 Å². The molecule has 0 N–H and O–H groups in total. The lowest BCUT2D eigenvalue weighted by molar-refractivity contribution is 0.620. The molecule has 0 amide bonds. The standard InChI is InChI=1S/C39H25NOS/c1-39(2)28-15-7-3-12-24(28)35-36(39)38-34(26-14-5-9-17-30(26)41-38)33-25-13-4-8-16-29(25)40(37(33)35)22-19-20-32-27(21-22)23-11-6-10-18-31(23)42-32/h3-21H,1-2H3. The highest BCUT2D eigenvalue weighted by Gasteiger charge is 2.41. The summed E-state index contributed by atoms with van der Waals surface area (Å²) in [5.41, 5.74) is 10.7. The van der Waals surface area contributed by atoms with E-state index in [0.717, 1.165) is 11.2 Å². The summed E-state index contributed by atoms with van der Waals surface area (Å²) in [5.74, 6) is 0. The fraction of sp³-hybridized carbons (Fsp3) is 0.0769. The minimum Gasteiger partial charge on any atom is -0.456 e. The van der Waals surface area contributed by atoms with Gasteiger partial charge in [0.2, 0.25) is 0 Å². The van der Waals surface area contributed by atoms with Crippen LogP contribution >= 0.6 is 11.3 Å². The minimum atomic E-state index is -0.207. The highest BCUT2D eigenvalue weighted by molar-refractivity contribution is 7.25. The molecule has 0 saturated heterocycles. The molecule has 0 atom stereocenters. The van der Waals surface area contributed by atoms with Gasteiger partial charge in [0.1, 0.15) is 11.2 Å². The van der Waals surface area contributed by atoms with Gasteiger partial charge in [-0.3, -0.25) is 0 Å². The van der Waals surface area contributed by atoms with Gasteiger partial charge in [-0.2, -0.15) is 0 Å². The number of hydrogen-bond donors (Lipinski definition) is 0. The number of rotatable bonds is 1. The molecule has 1 aliphatic carbocycles. The number of nitrogens with zero attached hydrogens (tertiary/aromatic N) is 1. The lowest BCUT2D eigenvalue weighted by Gasteiger charge is -2.22. The van der Waals surface area contributed by atoms with Gasteiger partial charge in [0.15, 0.2) is 0 Å². The number of furan rings is 1. The van der Waals surface area contributed by atoms with Gasteiger partial charge in [-0.25, -0.2) is 0 Å². The Hall–Kier alpha value is -4.86. The SMILES string of the molecule is CC1(C)c2ccccc2-c2c1c1oc3ccccc3c1c1c3ccccc3n(-c3ccc4sc5ccccc5c4c3)c21. The van der Waals surface area contributed by atoms with E-state index in [4.69, 9.17) is 4.42 Å². The first-order valence-electron chi connectivity index (χ1n) is 14.5. The predicted octanol–water partition coefficient (Wildman–Crippen LogP) is 11.4. The quantitative estimate of drug-likeness (QED) is 0.197. The number of para-hydroxylation sites is 2. The zero-order valence-electron chi connectivity index (χ0n) is 23.2. The number of fused-ring (bicyclic) bond motifs is 15. The van der Waals surface area contributed by atoms with E-state index in [0.29, 0.717) is 0 Å². The van der Waals surface area contributed by atoms with Crippen LogP contribution in [0.3, 0.4) is 0 Å². The molecular formula is C39H25NOS. The second-order valence-electron chi connectivity index (χ2n) is 12.1. The molecule has 3 heteroatoms. The number of aromatic nitrogens is 1. The first kappa shape index (κ1) is 22.8. The van der Waals surface area contributed by atoms with E-state index in [-0.39, 0.29) is 5.41 Å². The summed E-state index contributed by atoms with van der Waals surface area (Å²) in [7, 11) is 0. The minimum absolute atomic E-state index is 0.207. The highest BCUT2D eigenvalue weighted by atomic mass is 32.1. The molecular weight excluding hydrogens is 531 g/mol. The Kier molecular flexibility index (Phi) is 4.18. The van der Waals surface area contributed by atoms with E-state index in [1.165, 1.54) is 80.7 Å². The molecule has 0 radical (unpaired) electrons. The van der Waals surface area contributed by atoms with Gasteiger partial charge >= 0.3 is 0 Å². The first-order chi connectivity index (χ1) is 20.6. The van der Waals surface area contributed by atoms with Crippen LogP contribution in [-0.4, -0.2) is 4.57 Å². The molecule has 9 aromatic rings. The fourth-order valence-electron chi connectivity index (χ4n) is 7.79. The van der Waals surface area contributed by atoms with Crippen LogP contribution in [-0.2, 0) is 5.41 Å². The molecule has 10 rings (SSSR count). The van der Waals surface area contributed by atoms with Crippen LogP contribution in [0.5, 0.6) is 0 Å². The maximum atomic E-state index is 6.82. The molecule has 42 heavy (non-hydrogen) atoms. The van der Waals surface area contributed by atoms with Crippen LogP contribution in [0.4, 0.5) is 0 Å². The Balaban J connectivity index is 1.49. The molecule has 0 aliphatic heterocycles. The third kappa shape index (κ3) is 2.66. The molecule has 0 spiro atoms. The van der Waals surface area contributed by atoms with Crippen LogP contribution in [0.2, 0.25) is 0 Å². The second kappa shape index (κ2) is 7.70. The zero-order chi connectivity index (χ0) is 27.7. The van der Waals surface area contributed by atoms with E-state index in [2.05, 4.69) is 134 Å². The molecule has 2 nitrogen and oxygen atoms in total. The summed E-state index contributed by atoms with van der Waals surface area (Å²) in [4.78, 5) is 0. The molecule has 0 unspecified atom stereocenters. The summed E-state index contributed by atoms with van der Waals surface area (Å²) in [6, 6.07) is 42.1. The Morgan fingerprint density at radius 3 is 2.26 bits per heavy atom. The summed E-state index contributed by atoms with van der Waals surface area (Å²) >= 11 is 1.87. The first-order valence-corrected chi connectivity index (χ1v) is 15.4. The van der Waals surface area contributed by atoms with Crippen molar-refractivity contribution in [3.63, 3.8) is 0 Å². The molecule has 1 aliphatic rings. The topological polar surface area (TPSA) is 18.1 Å². The van der Waals surface area contributed by atoms with Gasteiger partial charge in [0.25, 0.3) is 0 Å². The van der Waals surface area contributed by atoms with Gasteiger partial charge in [0.05, 0.1) is 11.0 Å². The van der Waals surface area contributed by atoms with Crippen molar-refractivity contribution in [3.8, 4) is 16.8 Å². The Labute approximate surface area is 246 Å².